The van der Waals surface area contributed by atoms with Crippen LogP contribution in [0.2, 0.25) is 0 Å². The highest BCUT2D eigenvalue weighted by Gasteiger charge is 2.27. The van der Waals surface area contributed by atoms with E-state index in [0.29, 0.717) is 0 Å². The molecule has 1 aliphatic heterocycles. The number of hydrogen-bond donors (Lipinski definition) is 0. The highest BCUT2D eigenvalue weighted by Crippen LogP contribution is 2.53. The first kappa shape index (κ1) is 43.1. The molecule has 0 atom stereocenters. The molecule has 14 aromatic rings. The Morgan fingerprint density at radius 1 is 0.240 bits per heavy atom. The van der Waals surface area contributed by atoms with E-state index in [4.69, 9.17) is 0 Å². The first-order chi connectivity index (χ1) is 37.2. The molecule has 0 aliphatic carbocycles. The lowest BCUT2D eigenvalue weighted by Crippen LogP contribution is -2.10. The maximum Gasteiger partial charge on any atom is 0.0540 e. The third-order valence-corrected chi connectivity index (χ3v) is 16.5. The second-order valence-corrected chi connectivity index (χ2v) is 20.6. The Morgan fingerprint density at radius 3 is 1.32 bits per heavy atom. The summed E-state index contributed by atoms with van der Waals surface area (Å²) in [7, 11) is 0. The highest BCUT2D eigenvalue weighted by atomic mass is 32.1. The molecule has 3 heteroatoms. The lowest BCUT2D eigenvalue weighted by atomic mass is 9.93. The molecule has 2 nitrogen and oxygen atoms in total. The van der Waals surface area contributed by atoms with Crippen molar-refractivity contribution in [1.82, 2.24) is 0 Å². The Balaban J connectivity index is 1.06. The molecule has 0 saturated carbocycles. The van der Waals surface area contributed by atoms with Crippen LogP contribution in [0.15, 0.2) is 279 Å². The van der Waals surface area contributed by atoms with Crippen LogP contribution < -0.4 is 9.80 Å². The number of hydrogen-bond acceptors (Lipinski definition) is 3. The molecule has 1 aliphatic rings. The zero-order valence-electron chi connectivity index (χ0n) is 40.9. The summed E-state index contributed by atoms with van der Waals surface area (Å²) in [5.74, 6) is 0. The summed E-state index contributed by atoms with van der Waals surface area (Å²) in [5.41, 5.74) is 13.7. The van der Waals surface area contributed by atoms with Crippen molar-refractivity contribution >= 4 is 119 Å². The van der Waals surface area contributed by atoms with Crippen molar-refractivity contribution in [1.29, 1.82) is 0 Å². The van der Waals surface area contributed by atoms with Crippen LogP contribution in [-0.2, 0) is 0 Å². The highest BCUT2D eigenvalue weighted by molar-refractivity contribution is 7.25. The molecule has 0 spiro atoms. The quantitative estimate of drug-likeness (QED) is 0.170. The van der Waals surface area contributed by atoms with Crippen LogP contribution in [0.4, 0.5) is 34.1 Å². The van der Waals surface area contributed by atoms with Gasteiger partial charge in [0.05, 0.1) is 11.4 Å². The first-order valence-electron chi connectivity index (χ1n) is 25.7. The summed E-state index contributed by atoms with van der Waals surface area (Å²) in [4.78, 5) is 4.89. The minimum absolute atomic E-state index is 1.07. The van der Waals surface area contributed by atoms with Crippen LogP contribution in [0.1, 0.15) is 0 Å². The van der Waals surface area contributed by atoms with Crippen molar-refractivity contribution in [2.75, 3.05) is 9.80 Å². The van der Waals surface area contributed by atoms with Crippen molar-refractivity contribution < 1.29 is 0 Å². The summed E-state index contributed by atoms with van der Waals surface area (Å²) >= 11 is 1.88. The number of rotatable bonds is 5. The van der Waals surface area contributed by atoms with Gasteiger partial charge in [-0.15, -0.1) is 11.3 Å². The molecule has 0 bridgehead atoms. The smallest absolute Gasteiger partial charge is 0.0540 e. The molecule has 0 radical (unpaired) electrons. The first-order valence-corrected chi connectivity index (χ1v) is 26.6. The van der Waals surface area contributed by atoms with E-state index < -0.39 is 0 Å². The van der Waals surface area contributed by atoms with Crippen LogP contribution in [0.3, 0.4) is 0 Å². The van der Waals surface area contributed by atoms with Gasteiger partial charge < -0.3 is 9.80 Å². The van der Waals surface area contributed by atoms with Gasteiger partial charge in [0.15, 0.2) is 0 Å². The van der Waals surface area contributed by atoms with Crippen LogP contribution in [0.5, 0.6) is 0 Å². The van der Waals surface area contributed by atoms with Gasteiger partial charge in [0.1, 0.15) is 0 Å². The van der Waals surface area contributed by atoms with Crippen LogP contribution in [0.25, 0.3) is 107 Å². The third-order valence-electron chi connectivity index (χ3n) is 15.4. The maximum absolute atomic E-state index is 2.49. The number of anilines is 6. The lowest BCUT2D eigenvalue weighted by molar-refractivity contribution is 1.29. The van der Waals surface area contributed by atoms with Crippen molar-refractivity contribution in [3.05, 3.63) is 279 Å². The van der Waals surface area contributed by atoms with Crippen LogP contribution >= 0.6 is 11.3 Å². The van der Waals surface area contributed by atoms with Gasteiger partial charge in [0.25, 0.3) is 0 Å². The number of nitrogens with zero attached hydrogens (tertiary/aromatic N) is 2. The van der Waals surface area contributed by atoms with E-state index in [0.717, 1.165) is 34.1 Å². The molecule has 350 valence electrons. The van der Waals surface area contributed by atoms with E-state index in [-0.39, 0.29) is 0 Å². The standard InChI is InChI=1S/C72H46N2S/c1-3-19-47(20-4-1)48-35-37-50(38-36-48)73(51-40-42-60-61-29-13-16-32-69(61)74(49-21-5-2-6-22-49)70-33-17-14-30-62(70)64(60)43-51)52-39-41-59-57-27-10-9-25-55(57)53-23-7-8-24-54(53)56-26-11-12-28-58(56)66-45-68-63-31-15-18-34-71(63)75-72(68)46-67(66)65(59)44-52/h1-46H. The zero-order chi connectivity index (χ0) is 49.4. The predicted octanol–water partition coefficient (Wildman–Crippen LogP) is 21.2. The van der Waals surface area contributed by atoms with Crippen molar-refractivity contribution in [3.8, 4) is 33.4 Å². The molecule has 0 amide bonds. The molecule has 2 heterocycles. The minimum atomic E-state index is 1.07. The third kappa shape index (κ3) is 7.08. The summed E-state index contributed by atoms with van der Waals surface area (Å²) in [5, 5.41) is 14.7. The molecule has 75 heavy (non-hydrogen) atoms. The normalized spacial score (nSPS) is 12.0. The second kappa shape index (κ2) is 17.6. The average Bonchev–Trinajstić information content (AvgIpc) is 3.80. The SMILES string of the molecule is c1ccc(-c2ccc(N(c3ccc4c(c3)-c3ccccc3N(c3ccccc3)c3ccccc3-4)c3ccc4c5ccccc5c5ccccc5c5ccccc5c5cc6c(cc5c4c3)sc3ccccc36)cc2)cc1. The van der Waals surface area contributed by atoms with Gasteiger partial charge >= 0.3 is 0 Å². The fourth-order valence-corrected chi connectivity index (χ4v) is 13.1. The number of fused-ring (bicyclic) bond motifs is 18. The molecular formula is C72H46N2S. The van der Waals surface area contributed by atoms with Crippen molar-refractivity contribution in [2.45, 2.75) is 0 Å². The van der Waals surface area contributed by atoms with Crippen LogP contribution in [-0.4, -0.2) is 0 Å². The predicted molar refractivity (Wildman–Crippen MR) is 324 cm³/mol. The van der Waals surface area contributed by atoms with E-state index in [9.17, 15) is 0 Å². The Kier molecular flexibility index (Phi) is 10.1. The Morgan fingerprint density at radius 2 is 0.680 bits per heavy atom. The Bertz CT molecular complexity index is 4650. The summed E-state index contributed by atoms with van der Waals surface area (Å²) < 4.78 is 2.57. The molecule has 0 unspecified atom stereocenters. The fraction of sp³-hybridized carbons (Fsp3) is 0. The molecule has 0 N–H and O–H groups in total. The number of thiophene rings is 1. The molecule has 13 aromatic carbocycles. The lowest BCUT2D eigenvalue weighted by Gasteiger charge is -2.27. The Labute approximate surface area is 439 Å². The van der Waals surface area contributed by atoms with Gasteiger partial charge in [0, 0.05) is 54.0 Å². The largest absolute Gasteiger partial charge is 0.310 e. The molecule has 0 fully saturated rings. The van der Waals surface area contributed by atoms with E-state index >= 15 is 0 Å². The average molecular weight is 971 g/mol. The molecule has 15 rings (SSSR count). The zero-order valence-corrected chi connectivity index (χ0v) is 41.7. The second-order valence-electron chi connectivity index (χ2n) is 19.5. The number of para-hydroxylation sites is 3. The van der Waals surface area contributed by atoms with E-state index in [2.05, 4.69) is 289 Å². The van der Waals surface area contributed by atoms with Crippen LogP contribution in [0, 0.1) is 0 Å². The molecular weight excluding hydrogens is 925 g/mol. The molecule has 0 saturated heterocycles. The minimum Gasteiger partial charge on any atom is -0.310 e. The topological polar surface area (TPSA) is 6.48 Å². The van der Waals surface area contributed by atoms with Gasteiger partial charge in [-0.05, 0) is 155 Å². The monoisotopic (exact) mass is 970 g/mol. The summed E-state index contributed by atoms with van der Waals surface area (Å²) in [6.45, 7) is 0. The van der Waals surface area contributed by atoms with E-state index in [1.807, 2.05) is 11.3 Å². The number of benzene rings is 12. The van der Waals surface area contributed by atoms with Gasteiger partial charge in [-0.1, -0.05) is 200 Å². The molecule has 1 aromatic heterocycles. The maximum atomic E-state index is 2.49. The van der Waals surface area contributed by atoms with Gasteiger partial charge in [-0.2, -0.15) is 0 Å². The Hall–Kier alpha value is -9.54. The van der Waals surface area contributed by atoms with E-state index in [1.54, 1.807) is 0 Å². The van der Waals surface area contributed by atoms with Crippen molar-refractivity contribution in [3.63, 3.8) is 0 Å². The summed E-state index contributed by atoms with van der Waals surface area (Å²) in [6.07, 6.45) is 0. The fourth-order valence-electron chi connectivity index (χ4n) is 12.0. The van der Waals surface area contributed by atoms with Gasteiger partial charge in [-0.3, -0.25) is 0 Å². The van der Waals surface area contributed by atoms with E-state index in [1.165, 1.54) is 107 Å². The van der Waals surface area contributed by atoms with Crippen molar-refractivity contribution in [2.24, 2.45) is 0 Å². The van der Waals surface area contributed by atoms with Gasteiger partial charge in [0.2, 0.25) is 0 Å². The van der Waals surface area contributed by atoms with Gasteiger partial charge in [-0.25, -0.2) is 0 Å². The summed E-state index contributed by atoms with van der Waals surface area (Å²) in [6, 6.07) is 103.